The van der Waals surface area contributed by atoms with Crippen molar-refractivity contribution in [1.29, 1.82) is 0 Å². The molecule has 1 aromatic carbocycles. The van der Waals surface area contributed by atoms with Crippen molar-refractivity contribution in [2.45, 2.75) is 6.18 Å². The lowest BCUT2D eigenvalue weighted by atomic mass is 10.3. The predicted molar refractivity (Wildman–Crippen MR) is 47.2 cm³/mol. The number of carboxylic acids is 1. The van der Waals surface area contributed by atoms with Gasteiger partial charge in [-0.3, -0.25) is 0 Å². The van der Waals surface area contributed by atoms with Crippen molar-refractivity contribution in [3.8, 4) is 0 Å². The van der Waals surface area contributed by atoms with E-state index >= 15 is 0 Å². The van der Waals surface area contributed by atoms with Crippen molar-refractivity contribution in [2.24, 2.45) is 4.99 Å². The van der Waals surface area contributed by atoms with E-state index in [0.717, 1.165) is 0 Å². The van der Waals surface area contributed by atoms with Crippen molar-refractivity contribution in [2.75, 3.05) is 0 Å². The molecule has 0 aromatic heterocycles. The molecule has 0 radical (unpaired) electrons. The summed E-state index contributed by atoms with van der Waals surface area (Å²) in [5.41, 5.74) is -1.87. The van der Waals surface area contributed by atoms with E-state index in [1.54, 1.807) is 6.07 Å². The quantitative estimate of drug-likeness (QED) is 0.773. The van der Waals surface area contributed by atoms with Crippen LogP contribution in [0.1, 0.15) is 0 Å². The van der Waals surface area contributed by atoms with Gasteiger partial charge in [0.1, 0.15) is 0 Å². The number of aliphatic imine (C=N–C) groups is 1. The van der Waals surface area contributed by atoms with Crippen LogP contribution in [0.25, 0.3) is 0 Å². The zero-order valence-corrected chi connectivity index (χ0v) is 7.32. The molecule has 0 atom stereocenters. The maximum Gasteiger partial charge on any atom is 0.440 e. The highest BCUT2D eigenvalue weighted by Gasteiger charge is 2.41. The molecule has 0 aliphatic rings. The van der Waals surface area contributed by atoms with Gasteiger partial charge in [-0.05, 0) is 12.1 Å². The molecule has 6 heteroatoms. The number of rotatable bonds is 2. The predicted octanol–water partition coefficient (Wildman–Crippen LogP) is 2.41. The van der Waals surface area contributed by atoms with Crippen LogP contribution in [0.5, 0.6) is 0 Å². The molecule has 15 heavy (non-hydrogen) atoms. The van der Waals surface area contributed by atoms with Crippen LogP contribution in [0.2, 0.25) is 0 Å². The van der Waals surface area contributed by atoms with Crippen LogP contribution >= 0.6 is 0 Å². The van der Waals surface area contributed by atoms with E-state index in [-0.39, 0.29) is 5.69 Å². The fourth-order valence-electron chi connectivity index (χ4n) is 0.864. The van der Waals surface area contributed by atoms with E-state index in [4.69, 9.17) is 5.11 Å². The summed E-state index contributed by atoms with van der Waals surface area (Å²) >= 11 is 0. The largest absolute Gasteiger partial charge is 0.477 e. The SMILES string of the molecule is O=C(O)C(=Nc1ccccc1)C(F)(F)F. The first-order chi connectivity index (χ1) is 6.91. The van der Waals surface area contributed by atoms with Crippen LogP contribution in [-0.2, 0) is 4.79 Å². The Labute approximate surface area is 82.9 Å². The summed E-state index contributed by atoms with van der Waals surface area (Å²) in [5.74, 6) is -2.09. The first kappa shape index (κ1) is 11.2. The summed E-state index contributed by atoms with van der Waals surface area (Å²) in [6.07, 6.45) is -4.96. The fourth-order valence-corrected chi connectivity index (χ4v) is 0.864. The number of para-hydroxylation sites is 1. The molecule has 0 bridgehead atoms. The zero-order chi connectivity index (χ0) is 11.5. The van der Waals surface area contributed by atoms with Gasteiger partial charge < -0.3 is 5.11 Å². The van der Waals surface area contributed by atoms with Gasteiger partial charge in [0.2, 0.25) is 5.71 Å². The molecule has 0 unspecified atom stereocenters. The average molecular weight is 217 g/mol. The van der Waals surface area contributed by atoms with Gasteiger partial charge in [0.15, 0.2) is 0 Å². The molecule has 80 valence electrons. The van der Waals surface area contributed by atoms with Crippen molar-refractivity contribution < 1.29 is 23.1 Å². The van der Waals surface area contributed by atoms with Crippen LogP contribution in [0.4, 0.5) is 18.9 Å². The molecular formula is C9H6F3NO2. The Morgan fingerprint density at radius 2 is 1.73 bits per heavy atom. The van der Waals surface area contributed by atoms with Gasteiger partial charge in [-0.2, -0.15) is 13.2 Å². The minimum absolute atomic E-state index is 0.0489. The Bertz CT molecular complexity index is 384. The zero-order valence-electron chi connectivity index (χ0n) is 7.32. The molecule has 0 spiro atoms. The highest BCUT2D eigenvalue weighted by atomic mass is 19.4. The smallest absolute Gasteiger partial charge is 0.440 e. The van der Waals surface area contributed by atoms with Gasteiger partial charge in [0.25, 0.3) is 0 Å². The van der Waals surface area contributed by atoms with E-state index in [0.29, 0.717) is 0 Å². The van der Waals surface area contributed by atoms with E-state index in [1.165, 1.54) is 24.3 Å². The number of benzene rings is 1. The Morgan fingerprint density at radius 3 is 2.13 bits per heavy atom. The summed E-state index contributed by atoms with van der Waals surface area (Å²) in [5, 5.41) is 8.32. The lowest BCUT2D eigenvalue weighted by molar-refractivity contribution is -0.133. The highest BCUT2D eigenvalue weighted by molar-refractivity contribution is 6.38. The first-order valence-corrected chi connectivity index (χ1v) is 3.85. The summed E-state index contributed by atoms with van der Waals surface area (Å²) in [6.45, 7) is 0. The third-order valence-corrected chi connectivity index (χ3v) is 1.47. The van der Waals surface area contributed by atoms with Gasteiger partial charge >= 0.3 is 12.1 Å². The van der Waals surface area contributed by atoms with E-state index < -0.39 is 17.9 Å². The molecule has 3 nitrogen and oxygen atoms in total. The number of carboxylic acid groups (broad SMARTS) is 1. The highest BCUT2D eigenvalue weighted by Crippen LogP contribution is 2.21. The standard InChI is InChI=1S/C9H6F3NO2/c10-9(11,12)7(8(14)15)13-6-4-2-1-3-5-6/h1-5H,(H,14,15). The van der Waals surface area contributed by atoms with Crippen molar-refractivity contribution in [3.05, 3.63) is 30.3 Å². The van der Waals surface area contributed by atoms with Crippen molar-refractivity contribution in [1.82, 2.24) is 0 Å². The minimum atomic E-state index is -4.96. The maximum atomic E-state index is 12.1. The molecular weight excluding hydrogens is 211 g/mol. The number of alkyl halides is 3. The first-order valence-electron chi connectivity index (χ1n) is 3.85. The maximum absolute atomic E-state index is 12.1. The number of hydrogen-bond donors (Lipinski definition) is 1. The lowest BCUT2D eigenvalue weighted by Gasteiger charge is -2.05. The van der Waals surface area contributed by atoms with E-state index in [9.17, 15) is 18.0 Å². The average Bonchev–Trinajstić information content (AvgIpc) is 2.13. The molecule has 1 rings (SSSR count). The Hall–Kier alpha value is -1.85. The fraction of sp³-hybridized carbons (Fsp3) is 0.111. The van der Waals surface area contributed by atoms with Crippen LogP contribution in [0, 0.1) is 0 Å². The second-order valence-corrected chi connectivity index (χ2v) is 2.60. The van der Waals surface area contributed by atoms with Gasteiger partial charge in [-0.25, -0.2) is 9.79 Å². The third kappa shape index (κ3) is 3.08. The second kappa shape index (κ2) is 4.12. The molecule has 0 aliphatic heterocycles. The topological polar surface area (TPSA) is 49.7 Å². The van der Waals surface area contributed by atoms with Gasteiger partial charge in [-0.15, -0.1) is 0 Å². The molecule has 0 amide bonds. The number of aliphatic carboxylic acids is 1. The number of carbonyl (C=O) groups is 1. The summed E-state index contributed by atoms with van der Waals surface area (Å²) in [6, 6.07) is 7.10. The molecule has 0 saturated heterocycles. The molecule has 0 saturated carbocycles. The van der Waals surface area contributed by atoms with Crippen LogP contribution in [0.15, 0.2) is 35.3 Å². The Balaban J connectivity index is 3.12. The molecule has 1 aromatic rings. The number of hydrogen-bond acceptors (Lipinski definition) is 2. The molecule has 0 heterocycles. The minimum Gasteiger partial charge on any atom is -0.477 e. The second-order valence-electron chi connectivity index (χ2n) is 2.60. The van der Waals surface area contributed by atoms with E-state index in [1.807, 2.05) is 0 Å². The van der Waals surface area contributed by atoms with Crippen LogP contribution < -0.4 is 0 Å². The summed E-state index contributed by atoms with van der Waals surface area (Å²) in [4.78, 5) is 13.3. The molecule has 0 fully saturated rings. The normalized spacial score (nSPS) is 12.6. The van der Waals surface area contributed by atoms with Crippen LogP contribution in [0.3, 0.4) is 0 Å². The monoisotopic (exact) mass is 217 g/mol. The molecule has 1 N–H and O–H groups in total. The lowest BCUT2D eigenvalue weighted by Crippen LogP contribution is -2.30. The number of halogens is 3. The molecule has 0 aliphatic carbocycles. The summed E-state index contributed by atoms with van der Waals surface area (Å²) in [7, 11) is 0. The van der Waals surface area contributed by atoms with Crippen molar-refractivity contribution >= 4 is 17.4 Å². The van der Waals surface area contributed by atoms with E-state index in [2.05, 4.69) is 4.99 Å². The third-order valence-electron chi connectivity index (χ3n) is 1.47. The van der Waals surface area contributed by atoms with Crippen molar-refractivity contribution in [3.63, 3.8) is 0 Å². The van der Waals surface area contributed by atoms with Gasteiger partial charge in [0.05, 0.1) is 5.69 Å². The Kier molecular flexibility index (Phi) is 3.08. The Morgan fingerprint density at radius 1 is 1.20 bits per heavy atom. The van der Waals surface area contributed by atoms with Crippen LogP contribution in [-0.4, -0.2) is 23.0 Å². The summed E-state index contributed by atoms with van der Waals surface area (Å²) < 4.78 is 36.4. The van der Waals surface area contributed by atoms with Gasteiger partial charge in [0, 0.05) is 0 Å². The van der Waals surface area contributed by atoms with Gasteiger partial charge in [-0.1, -0.05) is 18.2 Å². The number of nitrogens with zero attached hydrogens (tertiary/aromatic N) is 1.